The van der Waals surface area contributed by atoms with Gasteiger partial charge < -0.3 is 60.2 Å². The Morgan fingerprint density at radius 3 is 1.92 bits per heavy atom. The predicted molar refractivity (Wildman–Crippen MR) is 212 cm³/mol. The third-order valence-electron chi connectivity index (χ3n) is 11.1. The van der Waals surface area contributed by atoms with Crippen molar-refractivity contribution in [2.24, 2.45) is 5.73 Å². The van der Waals surface area contributed by atoms with Gasteiger partial charge in [-0.1, -0.05) is 84.0 Å². The number of hydrogen-bond donors (Lipinski definition) is 9. The van der Waals surface area contributed by atoms with Crippen LogP contribution in [0.15, 0.2) is 21.9 Å². The first-order valence-corrected chi connectivity index (χ1v) is 21.2. The molecule has 3 fully saturated rings. The predicted octanol–water partition coefficient (Wildman–Crippen LogP) is -0.144. The highest BCUT2D eigenvalue weighted by molar-refractivity contribution is 5.88. The average molecular weight is 914 g/mol. The molecule has 3 aliphatic heterocycles. The number of nitrogens with one attached hydrogen (secondary N) is 2. The number of rotatable bonds is 22. The molecular weight excluding hydrogens is 851 g/mol. The molecule has 63 heavy (non-hydrogen) atoms. The molecule has 4 rings (SSSR count). The van der Waals surface area contributed by atoms with Crippen molar-refractivity contribution in [1.29, 1.82) is 0 Å². The Balaban J connectivity index is 0.00000139. The minimum absolute atomic E-state index is 0.0421. The lowest BCUT2D eigenvalue weighted by Crippen LogP contribution is -2.59. The molecule has 21 nitrogen and oxygen atoms in total. The number of alkyl halides is 3. The van der Waals surface area contributed by atoms with Crippen LogP contribution in [0.5, 0.6) is 0 Å². The van der Waals surface area contributed by atoms with E-state index in [1.165, 1.54) is 58.4 Å². The number of halogens is 3. The molecule has 0 spiro atoms. The van der Waals surface area contributed by atoms with Crippen LogP contribution >= 0.6 is 0 Å². The summed E-state index contributed by atoms with van der Waals surface area (Å²) in [6.07, 6.45) is -5.41. The van der Waals surface area contributed by atoms with Gasteiger partial charge in [0, 0.05) is 38.8 Å². The van der Waals surface area contributed by atoms with Crippen molar-refractivity contribution in [2.75, 3.05) is 20.1 Å². The van der Waals surface area contributed by atoms with E-state index < -0.39 is 121 Å². The number of nitrogens with two attached hydrogens (primary N) is 1. The highest BCUT2D eigenvalue weighted by atomic mass is 19.4. The van der Waals surface area contributed by atoms with Gasteiger partial charge >= 0.3 is 29.8 Å². The molecule has 3 saturated heterocycles. The van der Waals surface area contributed by atoms with E-state index in [-0.39, 0.29) is 13.0 Å². The van der Waals surface area contributed by atoms with Crippen molar-refractivity contribution in [2.45, 2.75) is 176 Å². The Hall–Kier alpha value is -4.01. The van der Waals surface area contributed by atoms with Gasteiger partial charge in [0.25, 0.3) is 5.56 Å². The van der Waals surface area contributed by atoms with Gasteiger partial charge in [-0.25, -0.2) is 14.4 Å². The lowest BCUT2D eigenvalue weighted by atomic mass is 9.98. The summed E-state index contributed by atoms with van der Waals surface area (Å²) < 4.78 is 55.7. The molecule has 0 unspecified atom stereocenters. The molecule has 3 aliphatic rings. The fourth-order valence-corrected chi connectivity index (χ4v) is 7.59. The fourth-order valence-electron chi connectivity index (χ4n) is 7.59. The largest absolute Gasteiger partial charge is 0.490 e. The first-order chi connectivity index (χ1) is 29.7. The SMILES string of the molecule is CCCCCCCCCCCCCCCC(=O)O[C@H]1CN[C@@H]([C@H](O[C@@H]2O[C@H](CN)[C@@H](O)[C@H]2O)[C@H]2O[C@@H](n3ccc(=O)[nH]c3=O)[C@H](O)[C@@H]2O)C(=O)N(C)[C@@H]1C(=O)O.O=C(O)C(F)(F)F. The summed E-state index contributed by atoms with van der Waals surface area (Å²) in [6.45, 7) is 1.59. The van der Waals surface area contributed by atoms with Crippen LogP contribution in [0.25, 0.3) is 0 Å². The van der Waals surface area contributed by atoms with Crippen molar-refractivity contribution in [3.05, 3.63) is 33.1 Å². The summed E-state index contributed by atoms with van der Waals surface area (Å²) in [6, 6.07) is -2.27. The zero-order valence-electron chi connectivity index (χ0n) is 35.3. The molecule has 1 amide bonds. The van der Waals surface area contributed by atoms with Crippen LogP contribution in [0.1, 0.15) is 103 Å². The number of carbonyl (C=O) groups excluding carboxylic acids is 2. The van der Waals surface area contributed by atoms with Gasteiger partial charge in [-0.15, -0.1) is 0 Å². The molecule has 10 N–H and O–H groups in total. The fraction of sp³-hybridized carbons (Fsp3) is 0.795. The molecular formula is C39H62F3N5O16. The number of carboxylic acid groups (broad SMARTS) is 2. The van der Waals surface area contributed by atoms with E-state index in [4.69, 9.17) is 34.6 Å². The van der Waals surface area contributed by atoms with E-state index in [9.17, 15) is 62.7 Å². The summed E-state index contributed by atoms with van der Waals surface area (Å²) in [5.74, 6) is -5.79. The van der Waals surface area contributed by atoms with Crippen LogP contribution < -0.4 is 22.3 Å². The summed E-state index contributed by atoms with van der Waals surface area (Å²) in [4.78, 5) is 75.6. The van der Waals surface area contributed by atoms with Crippen LogP contribution in [0.4, 0.5) is 13.2 Å². The number of H-pyrrole nitrogens is 1. The molecule has 0 bridgehead atoms. The number of ether oxygens (including phenoxy) is 4. The van der Waals surface area contributed by atoms with E-state index in [1.807, 2.05) is 4.98 Å². The van der Waals surface area contributed by atoms with E-state index >= 15 is 0 Å². The lowest BCUT2D eigenvalue weighted by molar-refractivity contribution is -0.227. The summed E-state index contributed by atoms with van der Waals surface area (Å²) in [5, 5.41) is 63.6. The molecule has 0 aromatic carbocycles. The second-order valence-corrected chi connectivity index (χ2v) is 15.8. The molecule has 0 saturated carbocycles. The Kier molecular flexibility index (Phi) is 21.6. The molecule has 0 radical (unpaired) electrons. The van der Waals surface area contributed by atoms with Gasteiger partial charge in [0.1, 0.15) is 54.9 Å². The topological polar surface area (TPSA) is 323 Å². The zero-order valence-corrected chi connectivity index (χ0v) is 35.3. The van der Waals surface area contributed by atoms with Crippen molar-refractivity contribution in [3.8, 4) is 0 Å². The number of aliphatic hydroxyl groups is 4. The number of carboxylic acids is 2. The molecule has 0 aliphatic carbocycles. The summed E-state index contributed by atoms with van der Waals surface area (Å²) >= 11 is 0. The first-order valence-electron chi connectivity index (χ1n) is 21.2. The van der Waals surface area contributed by atoms with Gasteiger partial charge in [0.15, 0.2) is 18.6 Å². The molecule has 360 valence electrons. The van der Waals surface area contributed by atoms with Crippen molar-refractivity contribution < 1.29 is 81.9 Å². The smallest absolute Gasteiger partial charge is 0.480 e. The number of carbonyl (C=O) groups is 4. The molecule has 12 atom stereocenters. The second kappa shape index (κ2) is 25.5. The standard InChI is InChI=1S/C37H61N5O14.C2HF3O2/c1-3-4-5-6-7-8-9-10-11-12-13-14-15-16-24(44)53-22-20-39-25(33(49)41(2)26(22)35(50)51)31(56-36-30(48)27(45)21(19-38)54-36)32-28(46)29(47)34(55-32)42-18-17-23(43)40-37(42)52;3-2(4,5)1(6)7/h17-18,21-22,25-32,34,36,39,45-48H,3-16,19-20,38H2,1-2H3,(H,50,51)(H,40,43,52);(H,6,7)/t21-,22+,25+,26+,27-,28+,29-,30-,31+,32+,34-,36+;/m1./s1. The Bertz CT molecular complexity index is 1730. The Morgan fingerprint density at radius 2 is 1.43 bits per heavy atom. The third kappa shape index (κ3) is 15.3. The van der Waals surface area contributed by atoms with Crippen molar-refractivity contribution in [1.82, 2.24) is 19.8 Å². The zero-order chi connectivity index (χ0) is 47.0. The number of esters is 1. The van der Waals surface area contributed by atoms with Crippen LogP contribution in [0, 0.1) is 0 Å². The maximum absolute atomic E-state index is 14.1. The Morgan fingerprint density at radius 1 is 0.873 bits per heavy atom. The van der Waals surface area contributed by atoms with Crippen LogP contribution in [-0.4, -0.2) is 162 Å². The van der Waals surface area contributed by atoms with Crippen LogP contribution in [0.2, 0.25) is 0 Å². The minimum atomic E-state index is -5.08. The third-order valence-corrected chi connectivity index (χ3v) is 11.1. The first kappa shape index (κ1) is 53.3. The number of aromatic amines is 1. The Labute approximate surface area is 360 Å². The average Bonchev–Trinajstić information content (AvgIpc) is 3.62. The number of aliphatic hydroxyl groups excluding tert-OH is 4. The number of amides is 1. The number of hydrogen-bond acceptors (Lipinski definition) is 16. The number of likely N-dealkylation sites (N-methyl/N-ethyl adjacent to an activating group) is 1. The normalized spacial score (nSPS) is 29.1. The van der Waals surface area contributed by atoms with Gasteiger partial charge in [-0.2, -0.15) is 13.2 Å². The van der Waals surface area contributed by atoms with Crippen LogP contribution in [-0.2, 0) is 38.1 Å². The van der Waals surface area contributed by atoms with E-state index in [1.54, 1.807) is 0 Å². The van der Waals surface area contributed by atoms with Crippen LogP contribution in [0.3, 0.4) is 0 Å². The monoisotopic (exact) mass is 913 g/mol. The summed E-state index contributed by atoms with van der Waals surface area (Å²) in [5.41, 5.74) is 3.95. The highest BCUT2D eigenvalue weighted by Crippen LogP contribution is 2.35. The number of aromatic nitrogens is 2. The number of aliphatic carboxylic acids is 2. The molecule has 4 heterocycles. The van der Waals surface area contributed by atoms with Gasteiger partial charge in [-0.3, -0.25) is 29.3 Å². The minimum Gasteiger partial charge on any atom is -0.480 e. The molecule has 1 aromatic rings. The lowest BCUT2D eigenvalue weighted by Gasteiger charge is -2.35. The highest BCUT2D eigenvalue weighted by Gasteiger charge is 2.56. The second-order valence-electron chi connectivity index (χ2n) is 15.8. The number of unbranched alkanes of at least 4 members (excludes halogenated alkanes) is 12. The van der Waals surface area contributed by atoms with Gasteiger partial charge in [0.2, 0.25) is 5.91 Å². The van der Waals surface area contributed by atoms with Gasteiger partial charge in [-0.05, 0) is 6.42 Å². The van der Waals surface area contributed by atoms with Crippen molar-refractivity contribution >= 4 is 23.8 Å². The maximum atomic E-state index is 14.1. The maximum Gasteiger partial charge on any atom is 0.490 e. The van der Waals surface area contributed by atoms with E-state index in [0.717, 1.165) is 47.4 Å². The van der Waals surface area contributed by atoms with E-state index in [0.29, 0.717) is 6.42 Å². The van der Waals surface area contributed by atoms with Gasteiger partial charge in [0.05, 0.1) is 0 Å². The van der Waals surface area contributed by atoms with Crippen molar-refractivity contribution in [3.63, 3.8) is 0 Å². The molecule has 24 heteroatoms. The van der Waals surface area contributed by atoms with E-state index in [2.05, 4.69) is 12.2 Å². The molecule has 1 aromatic heterocycles. The number of nitrogens with zero attached hydrogens (tertiary/aromatic N) is 2. The summed E-state index contributed by atoms with van der Waals surface area (Å²) in [7, 11) is 1.18. The quantitative estimate of drug-likeness (QED) is 0.0540.